The van der Waals surface area contributed by atoms with E-state index in [0.29, 0.717) is 59.4 Å². The van der Waals surface area contributed by atoms with E-state index in [1.807, 2.05) is 19.1 Å². The Kier molecular flexibility index (Phi) is 5.91. The molecule has 0 spiro atoms. The first-order chi connectivity index (χ1) is 16.5. The highest BCUT2D eigenvalue weighted by Crippen LogP contribution is 2.55. The summed E-state index contributed by atoms with van der Waals surface area (Å²) in [6.45, 7) is 3.16. The van der Waals surface area contributed by atoms with Crippen molar-refractivity contribution in [2.75, 3.05) is 41.2 Å². The van der Waals surface area contributed by atoms with Gasteiger partial charge in [0.25, 0.3) is 0 Å². The van der Waals surface area contributed by atoms with E-state index in [-0.39, 0.29) is 6.79 Å². The van der Waals surface area contributed by atoms with Gasteiger partial charge in [0.1, 0.15) is 11.7 Å². The number of fused-ring (bicyclic) bond motifs is 3. The number of aliphatic hydroxyl groups is 1. The summed E-state index contributed by atoms with van der Waals surface area (Å²) in [5, 5.41) is 10.5. The van der Waals surface area contributed by atoms with Gasteiger partial charge in [-0.3, -0.25) is 4.90 Å². The number of benzene rings is 2. The van der Waals surface area contributed by atoms with Gasteiger partial charge in [-0.05, 0) is 30.5 Å². The zero-order valence-electron chi connectivity index (χ0n) is 19.8. The summed E-state index contributed by atoms with van der Waals surface area (Å²) in [4.78, 5) is 15.3. The van der Waals surface area contributed by atoms with Crippen LogP contribution < -0.4 is 23.7 Å². The third kappa shape index (κ3) is 3.42. The first-order valence-electron chi connectivity index (χ1n) is 11.4. The predicted molar refractivity (Wildman–Crippen MR) is 121 cm³/mol. The first-order valence-corrected chi connectivity index (χ1v) is 11.4. The maximum Gasteiger partial charge on any atom is 0.343 e. The summed E-state index contributed by atoms with van der Waals surface area (Å²) < 4.78 is 34.1. The van der Waals surface area contributed by atoms with Crippen molar-refractivity contribution in [3.8, 4) is 28.7 Å². The average Bonchev–Trinajstić information content (AvgIpc) is 3.45. The lowest BCUT2D eigenvalue weighted by atomic mass is 9.84. The molecule has 9 heteroatoms. The van der Waals surface area contributed by atoms with Crippen LogP contribution in [0.5, 0.6) is 28.7 Å². The Morgan fingerprint density at radius 3 is 2.65 bits per heavy atom. The van der Waals surface area contributed by atoms with Gasteiger partial charge < -0.3 is 33.5 Å². The van der Waals surface area contributed by atoms with E-state index in [0.717, 1.165) is 17.5 Å². The van der Waals surface area contributed by atoms with Gasteiger partial charge in [-0.25, -0.2) is 4.79 Å². The number of nitrogens with zero attached hydrogens (tertiary/aromatic N) is 1. The SMILES string of the molecule is CCC(O)CN1CCc2cc3c(c(OC)c2[C@@H]1C1OC(=O)c2c1ccc(OC)c2OC)OCO3. The second-order valence-electron chi connectivity index (χ2n) is 8.56. The number of carbonyl (C=O) groups excluding carboxylic acids is 1. The molecular weight excluding hydrogens is 442 g/mol. The van der Waals surface area contributed by atoms with Gasteiger partial charge in [0, 0.05) is 24.2 Å². The van der Waals surface area contributed by atoms with E-state index < -0.39 is 24.2 Å². The fourth-order valence-corrected chi connectivity index (χ4v) is 5.21. The number of rotatable bonds is 7. The number of cyclic esters (lactones) is 1. The highest BCUT2D eigenvalue weighted by molar-refractivity contribution is 5.98. The Morgan fingerprint density at radius 1 is 1.15 bits per heavy atom. The molecule has 3 aliphatic rings. The summed E-state index contributed by atoms with van der Waals surface area (Å²) in [5.74, 6) is 2.09. The average molecular weight is 472 g/mol. The number of methoxy groups -OCH3 is 3. The molecule has 2 aromatic carbocycles. The van der Waals surface area contributed by atoms with Crippen LogP contribution in [0.2, 0.25) is 0 Å². The van der Waals surface area contributed by atoms with Crippen molar-refractivity contribution in [3.05, 3.63) is 40.5 Å². The highest BCUT2D eigenvalue weighted by atomic mass is 16.7. The zero-order valence-corrected chi connectivity index (χ0v) is 19.8. The maximum absolute atomic E-state index is 13.1. The van der Waals surface area contributed by atoms with Crippen molar-refractivity contribution >= 4 is 5.97 Å². The molecule has 34 heavy (non-hydrogen) atoms. The van der Waals surface area contributed by atoms with E-state index >= 15 is 0 Å². The van der Waals surface area contributed by atoms with Crippen molar-refractivity contribution in [3.63, 3.8) is 0 Å². The van der Waals surface area contributed by atoms with E-state index in [1.165, 1.54) is 14.2 Å². The largest absolute Gasteiger partial charge is 0.493 e. The smallest absolute Gasteiger partial charge is 0.343 e. The van der Waals surface area contributed by atoms with Gasteiger partial charge in [0.15, 0.2) is 23.0 Å². The number of β-amino-alcohol motifs (C(OH)–C–C–N with tert-alkyl or cyclic N) is 1. The van der Waals surface area contributed by atoms with Crippen molar-refractivity contribution in [1.82, 2.24) is 4.90 Å². The standard InChI is InChI=1S/C25H29NO8/c1-5-14(27)11-26-9-8-13-10-17-23(33-12-32-17)24(31-4)18(13)20(26)21-15-6-7-16(29-2)22(30-3)19(15)25(28)34-21/h6-7,10,14,20-21,27H,5,8-9,11-12H2,1-4H3/t14?,20-,21?/m1/s1. The number of hydrogen-bond donors (Lipinski definition) is 1. The molecule has 0 saturated heterocycles. The van der Waals surface area contributed by atoms with Crippen LogP contribution in [0.4, 0.5) is 0 Å². The summed E-state index contributed by atoms with van der Waals surface area (Å²) in [6, 6.07) is 5.19. The Bertz CT molecular complexity index is 1120. The highest BCUT2D eigenvalue weighted by Gasteiger charge is 2.47. The zero-order chi connectivity index (χ0) is 24.0. The molecule has 0 fully saturated rings. The normalized spacial score (nSPS) is 21.5. The number of hydrogen-bond acceptors (Lipinski definition) is 9. The molecule has 3 heterocycles. The van der Waals surface area contributed by atoms with Crippen molar-refractivity contribution < 1.29 is 38.3 Å². The Morgan fingerprint density at radius 2 is 1.94 bits per heavy atom. The molecule has 3 atom stereocenters. The number of ether oxygens (including phenoxy) is 6. The number of esters is 1. The molecule has 2 unspecified atom stereocenters. The lowest BCUT2D eigenvalue weighted by Crippen LogP contribution is -2.43. The van der Waals surface area contributed by atoms with Crippen LogP contribution in [0.15, 0.2) is 18.2 Å². The van der Waals surface area contributed by atoms with Crippen molar-refractivity contribution in [2.45, 2.75) is 38.0 Å². The topological polar surface area (TPSA) is 95.9 Å². The molecule has 182 valence electrons. The van der Waals surface area contributed by atoms with Crippen LogP contribution in [0.25, 0.3) is 0 Å². The van der Waals surface area contributed by atoms with Crippen LogP contribution in [0, 0.1) is 0 Å². The van der Waals surface area contributed by atoms with Gasteiger partial charge in [-0.2, -0.15) is 0 Å². The van der Waals surface area contributed by atoms with Gasteiger partial charge >= 0.3 is 5.97 Å². The second kappa shape index (κ2) is 8.88. The molecule has 0 aliphatic carbocycles. The van der Waals surface area contributed by atoms with Crippen molar-refractivity contribution in [2.24, 2.45) is 0 Å². The molecule has 5 rings (SSSR count). The fraction of sp³-hybridized carbons (Fsp3) is 0.480. The number of carbonyl (C=O) groups is 1. The monoisotopic (exact) mass is 471 g/mol. The predicted octanol–water partition coefficient (Wildman–Crippen LogP) is 3.02. The molecule has 0 aromatic heterocycles. The van der Waals surface area contributed by atoms with Gasteiger partial charge in [-0.1, -0.05) is 13.0 Å². The van der Waals surface area contributed by atoms with E-state index in [2.05, 4.69) is 4.90 Å². The molecule has 2 aromatic rings. The van der Waals surface area contributed by atoms with Gasteiger partial charge in [0.2, 0.25) is 12.5 Å². The third-order valence-electron chi connectivity index (χ3n) is 6.83. The molecule has 1 N–H and O–H groups in total. The van der Waals surface area contributed by atoms with Crippen LogP contribution in [0.3, 0.4) is 0 Å². The molecule has 3 aliphatic heterocycles. The Hall–Kier alpha value is -3.17. The van der Waals surface area contributed by atoms with Crippen LogP contribution >= 0.6 is 0 Å². The van der Waals surface area contributed by atoms with E-state index in [1.54, 1.807) is 13.2 Å². The van der Waals surface area contributed by atoms with Gasteiger partial charge in [0.05, 0.1) is 33.5 Å². The minimum atomic E-state index is -0.639. The summed E-state index contributed by atoms with van der Waals surface area (Å²) in [5.41, 5.74) is 2.98. The summed E-state index contributed by atoms with van der Waals surface area (Å²) in [7, 11) is 4.62. The fourth-order valence-electron chi connectivity index (χ4n) is 5.21. The Labute approximate surface area is 198 Å². The quantitative estimate of drug-likeness (QED) is 0.611. The van der Waals surface area contributed by atoms with E-state index in [9.17, 15) is 9.90 Å². The van der Waals surface area contributed by atoms with E-state index in [4.69, 9.17) is 28.4 Å². The lowest BCUT2D eigenvalue weighted by molar-refractivity contribution is -0.00953. The maximum atomic E-state index is 13.1. The molecular formula is C25H29NO8. The minimum absolute atomic E-state index is 0.121. The second-order valence-corrected chi connectivity index (χ2v) is 8.56. The lowest BCUT2D eigenvalue weighted by Gasteiger charge is -2.41. The minimum Gasteiger partial charge on any atom is -0.493 e. The van der Waals surface area contributed by atoms with Crippen LogP contribution in [0.1, 0.15) is 52.5 Å². The molecule has 0 radical (unpaired) electrons. The van der Waals surface area contributed by atoms with Crippen LogP contribution in [-0.4, -0.2) is 63.3 Å². The molecule has 0 bridgehead atoms. The molecule has 9 nitrogen and oxygen atoms in total. The third-order valence-corrected chi connectivity index (χ3v) is 6.83. The molecule has 0 saturated carbocycles. The first kappa shape index (κ1) is 22.6. The summed E-state index contributed by atoms with van der Waals surface area (Å²) >= 11 is 0. The molecule has 0 amide bonds. The van der Waals surface area contributed by atoms with Crippen LogP contribution in [-0.2, 0) is 11.2 Å². The summed E-state index contributed by atoms with van der Waals surface area (Å²) in [6.07, 6.45) is 0.181. The number of aliphatic hydroxyl groups excluding tert-OH is 1. The van der Waals surface area contributed by atoms with Crippen molar-refractivity contribution in [1.29, 1.82) is 0 Å². The Balaban J connectivity index is 1.69. The van der Waals surface area contributed by atoms with Gasteiger partial charge in [-0.15, -0.1) is 0 Å².